The third kappa shape index (κ3) is 4.54. The van der Waals surface area contributed by atoms with Crippen LogP contribution in [0.15, 0.2) is 24.3 Å². The van der Waals surface area contributed by atoms with Gasteiger partial charge in [0.05, 0.1) is 0 Å². The molecule has 0 spiro atoms. The van der Waals surface area contributed by atoms with Crippen LogP contribution in [0, 0.1) is 23.1 Å². The average molecular weight is 291 g/mol. The second-order valence-corrected chi connectivity index (χ2v) is 7.70. The molecule has 1 aromatic rings. The summed E-state index contributed by atoms with van der Waals surface area (Å²) in [6.45, 7) is 7.10. The van der Waals surface area contributed by atoms with Gasteiger partial charge in [-0.3, -0.25) is 0 Å². The Morgan fingerprint density at radius 1 is 1.10 bits per heavy atom. The molecule has 1 atom stereocenters. The molecule has 0 aliphatic heterocycles. The molecule has 1 aromatic carbocycles. The highest BCUT2D eigenvalue weighted by atomic mass is 19.1. The smallest absolute Gasteiger partial charge is 0.123 e. The van der Waals surface area contributed by atoms with Crippen molar-refractivity contribution in [1.29, 1.82) is 0 Å². The van der Waals surface area contributed by atoms with Gasteiger partial charge in [0.15, 0.2) is 0 Å². The summed E-state index contributed by atoms with van der Waals surface area (Å²) in [5, 5.41) is 3.49. The first-order valence-corrected chi connectivity index (χ1v) is 8.32. The SMILES string of the molecule is CNC(Cc1ccc(F)cc1)C1CCC(C(C)(C)C)CC1. The van der Waals surface area contributed by atoms with Crippen LogP contribution in [-0.2, 0) is 6.42 Å². The number of benzene rings is 1. The first kappa shape index (κ1) is 16.5. The minimum atomic E-state index is -0.148. The van der Waals surface area contributed by atoms with Gasteiger partial charge in [0, 0.05) is 6.04 Å². The highest BCUT2D eigenvalue weighted by molar-refractivity contribution is 5.17. The Morgan fingerprint density at radius 2 is 1.67 bits per heavy atom. The number of halogens is 1. The van der Waals surface area contributed by atoms with E-state index in [-0.39, 0.29) is 5.82 Å². The fourth-order valence-electron chi connectivity index (χ4n) is 3.77. The first-order valence-electron chi connectivity index (χ1n) is 8.32. The summed E-state index contributed by atoms with van der Waals surface area (Å²) in [5.74, 6) is 1.46. The lowest BCUT2D eigenvalue weighted by Gasteiger charge is -2.39. The van der Waals surface area contributed by atoms with Crippen LogP contribution >= 0.6 is 0 Å². The molecule has 1 fully saturated rings. The van der Waals surface area contributed by atoms with Crippen LogP contribution in [0.25, 0.3) is 0 Å². The predicted molar refractivity (Wildman–Crippen MR) is 87.9 cm³/mol. The van der Waals surface area contributed by atoms with Crippen LogP contribution in [-0.4, -0.2) is 13.1 Å². The quantitative estimate of drug-likeness (QED) is 0.839. The van der Waals surface area contributed by atoms with Crippen LogP contribution in [0.3, 0.4) is 0 Å². The number of nitrogens with one attached hydrogen (secondary N) is 1. The van der Waals surface area contributed by atoms with Crippen molar-refractivity contribution in [3.05, 3.63) is 35.6 Å². The summed E-state index contributed by atoms with van der Waals surface area (Å²) < 4.78 is 13.0. The maximum absolute atomic E-state index is 13.0. The van der Waals surface area contributed by atoms with E-state index in [1.807, 2.05) is 12.1 Å². The molecule has 21 heavy (non-hydrogen) atoms. The Labute approximate surface area is 129 Å². The molecule has 1 aliphatic carbocycles. The Morgan fingerprint density at radius 3 is 2.14 bits per heavy atom. The number of hydrogen-bond donors (Lipinski definition) is 1. The third-order valence-electron chi connectivity index (χ3n) is 5.31. The molecular formula is C19H30FN. The monoisotopic (exact) mass is 291 g/mol. The summed E-state index contributed by atoms with van der Waals surface area (Å²) in [4.78, 5) is 0. The van der Waals surface area contributed by atoms with Gasteiger partial charge in [-0.1, -0.05) is 32.9 Å². The van der Waals surface area contributed by atoms with Crippen molar-refractivity contribution in [3.63, 3.8) is 0 Å². The second kappa shape index (κ2) is 6.91. The number of hydrogen-bond acceptors (Lipinski definition) is 1. The molecule has 0 amide bonds. The maximum atomic E-state index is 13.0. The molecule has 0 heterocycles. The van der Waals surface area contributed by atoms with E-state index in [2.05, 4.69) is 33.1 Å². The van der Waals surface area contributed by atoms with Crippen LogP contribution in [0.2, 0.25) is 0 Å². The van der Waals surface area contributed by atoms with E-state index >= 15 is 0 Å². The van der Waals surface area contributed by atoms with E-state index in [0.717, 1.165) is 18.3 Å². The predicted octanol–water partition coefficient (Wildman–Crippen LogP) is 4.81. The van der Waals surface area contributed by atoms with Gasteiger partial charge in [-0.05, 0) is 74.1 Å². The molecule has 0 aromatic heterocycles. The zero-order chi connectivity index (χ0) is 15.5. The van der Waals surface area contributed by atoms with Gasteiger partial charge in [0.1, 0.15) is 5.82 Å². The highest BCUT2D eigenvalue weighted by Gasteiger charge is 2.32. The van der Waals surface area contributed by atoms with Gasteiger partial charge < -0.3 is 5.32 Å². The van der Waals surface area contributed by atoms with Gasteiger partial charge in [-0.25, -0.2) is 4.39 Å². The van der Waals surface area contributed by atoms with Gasteiger partial charge in [0.25, 0.3) is 0 Å². The third-order valence-corrected chi connectivity index (χ3v) is 5.31. The Kier molecular flexibility index (Phi) is 5.43. The zero-order valence-electron chi connectivity index (χ0n) is 14.0. The normalized spacial score (nSPS) is 24.8. The van der Waals surface area contributed by atoms with E-state index in [9.17, 15) is 4.39 Å². The van der Waals surface area contributed by atoms with Crippen molar-refractivity contribution in [2.24, 2.45) is 17.3 Å². The lowest BCUT2D eigenvalue weighted by molar-refractivity contribution is 0.134. The second-order valence-electron chi connectivity index (χ2n) is 7.70. The Balaban J connectivity index is 1.92. The molecule has 0 bridgehead atoms. The van der Waals surface area contributed by atoms with E-state index in [4.69, 9.17) is 0 Å². The minimum Gasteiger partial charge on any atom is -0.316 e. The van der Waals surface area contributed by atoms with Crippen molar-refractivity contribution in [2.75, 3.05) is 7.05 Å². The van der Waals surface area contributed by atoms with Crippen LogP contribution in [0.5, 0.6) is 0 Å². The Bertz CT molecular complexity index is 424. The maximum Gasteiger partial charge on any atom is 0.123 e. The van der Waals surface area contributed by atoms with Gasteiger partial charge in [-0.15, -0.1) is 0 Å². The van der Waals surface area contributed by atoms with Gasteiger partial charge >= 0.3 is 0 Å². The fourth-order valence-corrected chi connectivity index (χ4v) is 3.77. The lowest BCUT2D eigenvalue weighted by atomic mass is 9.68. The molecule has 0 saturated heterocycles. The summed E-state index contributed by atoms with van der Waals surface area (Å²) >= 11 is 0. The van der Waals surface area contributed by atoms with Crippen molar-refractivity contribution >= 4 is 0 Å². The number of likely N-dealkylation sites (N-methyl/N-ethyl adjacent to an activating group) is 1. The van der Waals surface area contributed by atoms with Crippen LogP contribution in [0.1, 0.15) is 52.0 Å². The van der Waals surface area contributed by atoms with Gasteiger partial charge in [-0.2, -0.15) is 0 Å². The molecule has 1 nitrogen and oxygen atoms in total. The first-order chi connectivity index (χ1) is 9.90. The molecule has 1 unspecified atom stereocenters. The number of rotatable bonds is 4. The summed E-state index contributed by atoms with van der Waals surface area (Å²) in [5.41, 5.74) is 1.67. The van der Waals surface area contributed by atoms with Crippen molar-refractivity contribution < 1.29 is 4.39 Å². The summed E-state index contributed by atoms with van der Waals surface area (Å²) in [6.07, 6.45) is 6.32. The van der Waals surface area contributed by atoms with E-state index < -0.39 is 0 Å². The van der Waals surface area contributed by atoms with E-state index in [0.29, 0.717) is 11.5 Å². The molecule has 1 saturated carbocycles. The zero-order valence-corrected chi connectivity index (χ0v) is 14.0. The van der Waals surface area contributed by atoms with E-state index in [1.165, 1.54) is 31.2 Å². The summed E-state index contributed by atoms with van der Waals surface area (Å²) in [6, 6.07) is 7.48. The average Bonchev–Trinajstić information content (AvgIpc) is 2.46. The minimum absolute atomic E-state index is 0.148. The van der Waals surface area contributed by atoms with Gasteiger partial charge in [0.2, 0.25) is 0 Å². The topological polar surface area (TPSA) is 12.0 Å². The fraction of sp³-hybridized carbons (Fsp3) is 0.684. The molecule has 1 aliphatic rings. The molecule has 0 radical (unpaired) electrons. The molecule has 2 rings (SSSR count). The van der Waals surface area contributed by atoms with Crippen molar-refractivity contribution in [2.45, 2.75) is 58.9 Å². The highest BCUT2D eigenvalue weighted by Crippen LogP contribution is 2.41. The largest absolute Gasteiger partial charge is 0.316 e. The van der Waals surface area contributed by atoms with Crippen LogP contribution < -0.4 is 5.32 Å². The molecular weight excluding hydrogens is 261 g/mol. The lowest BCUT2D eigenvalue weighted by Crippen LogP contribution is -2.39. The Hall–Kier alpha value is -0.890. The van der Waals surface area contributed by atoms with Crippen molar-refractivity contribution in [1.82, 2.24) is 5.32 Å². The molecule has 1 N–H and O–H groups in total. The molecule has 118 valence electrons. The molecule has 2 heteroatoms. The van der Waals surface area contributed by atoms with Crippen LogP contribution in [0.4, 0.5) is 4.39 Å². The standard InChI is InChI=1S/C19H30FN/c1-19(2,3)16-9-7-15(8-10-16)18(21-4)13-14-5-11-17(20)12-6-14/h5-6,11-12,15-16,18,21H,7-10,13H2,1-4H3. The summed E-state index contributed by atoms with van der Waals surface area (Å²) in [7, 11) is 2.06. The van der Waals surface area contributed by atoms with E-state index in [1.54, 1.807) is 12.1 Å². The van der Waals surface area contributed by atoms with Crippen molar-refractivity contribution in [3.8, 4) is 0 Å².